The topological polar surface area (TPSA) is 77.6 Å². The highest BCUT2D eigenvalue weighted by molar-refractivity contribution is 6.18. The molecule has 0 aliphatic heterocycles. The Balaban J connectivity index is 1.04. The first-order valence-corrected chi connectivity index (χ1v) is 16.8. The van der Waals surface area contributed by atoms with Crippen LogP contribution < -0.4 is 0 Å². The zero-order chi connectivity index (χ0) is 33.7. The maximum atomic E-state index is 6.16. The van der Waals surface area contributed by atoms with Gasteiger partial charge in [0.15, 0.2) is 17.5 Å². The highest BCUT2D eigenvalue weighted by Crippen LogP contribution is 2.37. The fraction of sp³-hybridized carbons (Fsp3) is 0. The van der Waals surface area contributed by atoms with Crippen LogP contribution in [0.3, 0.4) is 0 Å². The molecule has 238 valence electrons. The minimum absolute atomic E-state index is 0.556. The van der Waals surface area contributed by atoms with E-state index in [-0.39, 0.29) is 0 Å². The minimum atomic E-state index is 0.556. The lowest BCUT2D eigenvalue weighted by Gasteiger charge is -2.11. The Bertz CT molecular complexity index is 2860. The summed E-state index contributed by atoms with van der Waals surface area (Å²) in [7, 11) is 0. The van der Waals surface area contributed by atoms with Crippen molar-refractivity contribution in [2.75, 3.05) is 0 Å². The standard InChI is InChI=1S/C45H27N5O/c1-3-11-28(12-4-1)42-48-43(29-13-5-2-6-14-29)50-44(49-42)35-18-10-17-32(27-35)30-15-9-16-31(25-30)33-21-23-36-34(26-33)22-24-39-40(36)41-45(51-39)47-38-20-8-7-19-37(38)46-41/h1-27H. The summed E-state index contributed by atoms with van der Waals surface area (Å²) in [6.07, 6.45) is 0. The number of fused-ring (bicyclic) bond motifs is 6. The van der Waals surface area contributed by atoms with Gasteiger partial charge in [-0.15, -0.1) is 0 Å². The van der Waals surface area contributed by atoms with Gasteiger partial charge in [-0.3, -0.25) is 0 Å². The Hall–Kier alpha value is -7.05. The molecule has 51 heavy (non-hydrogen) atoms. The van der Waals surface area contributed by atoms with Gasteiger partial charge in [-0.25, -0.2) is 24.9 Å². The predicted molar refractivity (Wildman–Crippen MR) is 205 cm³/mol. The van der Waals surface area contributed by atoms with Crippen LogP contribution in [0, 0.1) is 0 Å². The molecule has 0 saturated carbocycles. The highest BCUT2D eigenvalue weighted by Gasteiger charge is 2.16. The van der Waals surface area contributed by atoms with E-state index in [1.807, 2.05) is 91.0 Å². The second kappa shape index (κ2) is 11.8. The molecular weight excluding hydrogens is 627 g/mol. The number of furan rings is 1. The second-order valence-corrected chi connectivity index (χ2v) is 12.5. The number of benzene rings is 7. The molecule has 3 heterocycles. The van der Waals surface area contributed by atoms with Crippen molar-refractivity contribution in [3.05, 3.63) is 164 Å². The van der Waals surface area contributed by atoms with Gasteiger partial charge in [0.1, 0.15) is 11.1 Å². The zero-order valence-electron chi connectivity index (χ0n) is 27.2. The van der Waals surface area contributed by atoms with Crippen LogP contribution in [0.1, 0.15) is 0 Å². The summed E-state index contributed by atoms with van der Waals surface area (Å²) < 4.78 is 6.16. The molecule has 0 aliphatic carbocycles. The first-order valence-electron chi connectivity index (χ1n) is 16.8. The Morgan fingerprint density at radius 2 is 0.863 bits per heavy atom. The molecule has 0 fully saturated rings. The molecule has 0 amide bonds. The maximum absolute atomic E-state index is 6.16. The van der Waals surface area contributed by atoms with Crippen LogP contribution >= 0.6 is 0 Å². The largest absolute Gasteiger partial charge is 0.436 e. The smallest absolute Gasteiger partial charge is 0.246 e. The van der Waals surface area contributed by atoms with Crippen LogP contribution in [0.4, 0.5) is 0 Å². The van der Waals surface area contributed by atoms with E-state index in [0.717, 1.165) is 77.2 Å². The summed E-state index contributed by atoms with van der Waals surface area (Å²) in [6.45, 7) is 0. The molecule has 0 radical (unpaired) electrons. The van der Waals surface area contributed by atoms with Gasteiger partial charge in [0.25, 0.3) is 0 Å². The van der Waals surface area contributed by atoms with Gasteiger partial charge in [-0.2, -0.15) is 0 Å². The van der Waals surface area contributed by atoms with Crippen LogP contribution in [0.5, 0.6) is 0 Å². The average Bonchev–Trinajstić information content (AvgIpc) is 3.58. The van der Waals surface area contributed by atoms with E-state index in [1.54, 1.807) is 0 Å². The molecule has 0 atom stereocenters. The van der Waals surface area contributed by atoms with Crippen LogP contribution in [0.2, 0.25) is 0 Å². The van der Waals surface area contributed by atoms with Gasteiger partial charge in [0.05, 0.1) is 16.4 Å². The number of hydrogen-bond acceptors (Lipinski definition) is 6. The van der Waals surface area contributed by atoms with Crippen LogP contribution in [0.15, 0.2) is 168 Å². The lowest BCUT2D eigenvalue weighted by Crippen LogP contribution is -2.00. The quantitative estimate of drug-likeness (QED) is 0.184. The van der Waals surface area contributed by atoms with Crippen LogP contribution in [0.25, 0.3) is 100 Å². The van der Waals surface area contributed by atoms with E-state index < -0.39 is 0 Å². The monoisotopic (exact) mass is 653 g/mol. The lowest BCUT2D eigenvalue weighted by molar-refractivity contribution is 0.655. The minimum Gasteiger partial charge on any atom is -0.436 e. The van der Waals surface area contributed by atoms with Crippen molar-refractivity contribution >= 4 is 44.0 Å². The summed E-state index contributed by atoms with van der Waals surface area (Å²) in [5, 5.41) is 3.19. The van der Waals surface area contributed by atoms with E-state index in [9.17, 15) is 0 Å². The van der Waals surface area contributed by atoms with Crippen molar-refractivity contribution in [1.82, 2.24) is 24.9 Å². The van der Waals surface area contributed by atoms with Gasteiger partial charge < -0.3 is 4.42 Å². The van der Waals surface area contributed by atoms with Crippen molar-refractivity contribution in [1.29, 1.82) is 0 Å². The molecule has 0 bridgehead atoms. The Labute approximate surface area is 292 Å². The average molecular weight is 654 g/mol. The third-order valence-corrected chi connectivity index (χ3v) is 9.31. The summed E-state index contributed by atoms with van der Waals surface area (Å²) in [5.41, 5.74) is 11.1. The SMILES string of the molecule is c1ccc(-c2nc(-c3ccccc3)nc(-c3cccc(-c4cccc(-c5ccc6c(ccc7oc8nc9ccccc9nc8c76)c5)c4)c3)n2)cc1. The highest BCUT2D eigenvalue weighted by atomic mass is 16.3. The molecule has 0 aliphatic rings. The number of hydrogen-bond donors (Lipinski definition) is 0. The number of rotatable bonds is 5. The normalized spacial score (nSPS) is 11.5. The van der Waals surface area contributed by atoms with E-state index in [0.29, 0.717) is 23.2 Å². The van der Waals surface area contributed by atoms with Crippen molar-refractivity contribution in [2.24, 2.45) is 0 Å². The van der Waals surface area contributed by atoms with Crippen LogP contribution in [-0.4, -0.2) is 24.9 Å². The van der Waals surface area contributed by atoms with Gasteiger partial charge >= 0.3 is 0 Å². The molecule has 6 nitrogen and oxygen atoms in total. The van der Waals surface area contributed by atoms with E-state index >= 15 is 0 Å². The number of aromatic nitrogens is 5. The molecule has 0 saturated heterocycles. The van der Waals surface area contributed by atoms with E-state index in [2.05, 4.69) is 72.8 Å². The fourth-order valence-electron chi connectivity index (χ4n) is 6.79. The maximum Gasteiger partial charge on any atom is 0.246 e. The van der Waals surface area contributed by atoms with Crippen molar-refractivity contribution in [3.8, 4) is 56.4 Å². The summed E-state index contributed by atoms with van der Waals surface area (Å²) in [4.78, 5) is 24.4. The second-order valence-electron chi connectivity index (χ2n) is 12.5. The molecule has 0 N–H and O–H groups in total. The first kappa shape index (κ1) is 28.9. The van der Waals surface area contributed by atoms with E-state index in [1.165, 1.54) is 0 Å². The summed E-state index contributed by atoms with van der Waals surface area (Å²) >= 11 is 0. The van der Waals surface area contributed by atoms with Gasteiger partial charge in [0, 0.05) is 16.7 Å². The molecule has 7 aromatic carbocycles. The first-order chi connectivity index (χ1) is 25.2. The third-order valence-electron chi connectivity index (χ3n) is 9.31. The van der Waals surface area contributed by atoms with Gasteiger partial charge in [-0.1, -0.05) is 127 Å². The molecule has 0 spiro atoms. The zero-order valence-corrected chi connectivity index (χ0v) is 27.2. The molecule has 0 unspecified atom stereocenters. The molecule has 3 aromatic heterocycles. The van der Waals surface area contributed by atoms with E-state index in [4.69, 9.17) is 29.3 Å². The van der Waals surface area contributed by atoms with Gasteiger partial charge in [-0.05, 0) is 69.4 Å². The summed E-state index contributed by atoms with van der Waals surface area (Å²) in [5.74, 6) is 1.92. The van der Waals surface area contributed by atoms with Crippen molar-refractivity contribution < 1.29 is 4.42 Å². The fourth-order valence-corrected chi connectivity index (χ4v) is 6.79. The summed E-state index contributed by atoms with van der Waals surface area (Å²) in [6, 6.07) is 55.8. The lowest BCUT2D eigenvalue weighted by atomic mass is 9.96. The third kappa shape index (κ3) is 5.18. The predicted octanol–water partition coefficient (Wildman–Crippen LogP) is 11.2. The molecular formula is C45H27N5O. The molecule has 10 rings (SSSR count). The van der Waals surface area contributed by atoms with Crippen LogP contribution in [-0.2, 0) is 0 Å². The van der Waals surface area contributed by atoms with Gasteiger partial charge in [0.2, 0.25) is 5.71 Å². The molecule has 10 aromatic rings. The van der Waals surface area contributed by atoms with Crippen molar-refractivity contribution in [2.45, 2.75) is 0 Å². The number of para-hydroxylation sites is 2. The molecule has 6 heteroatoms. The Morgan fingerprint density at radius 3 is 1.51 bits per heavy atom. The van der Waals surface area contributed by atoms with Crippen molar-refractivity contribution in [3.63, 3.8) is 0 Å². The number of nitrogens with zero attached hydrogens (tertiary/aromatic N) is 5. The Morgan fingerprint density at radius 1 is 0.353 bits per heavy atom. The Kier molecular flexibility index (Phi) is 6.70.